The summed E-state index contributed by atoms with van der Waals surface area (Å²) in [5, 5.41) is 13.1. The summed E-state index contributed by atoms with van der Waals surface area (Å²) in [5.41, 5.74) is 0.473. The standard InChI is InChI=1S/C26H32ClNO2Si/c1-25(2,3)31(20-12-8-6-9-13-20,21-14-10-7-11-15-21)30-19-17-26(4,5)22-16-18-28-24(27)23(22)29/h6-16,18,29H,17,19H2,1-5H3. The SMILES string of the molecule is CC(C)(CCO[Si](c1ccccc1)(c1ccccc1)C(C)(C)C)c1ccnc(Cl)c1O. The average Bonchev–Trinajstić information content (AvgIpc) is 2.73. The van der Waals surface area contributed by atoms with Gasteiger partial charge in [0.05, 0.1) is 0 Å². The molecule has 0 saturated carbocycles. The zero-order valence-electron chi connectivity index (χ0n) is 19.0. The molecule has 3 nitrogen and oxygen atoms in total. The topological polar surface area (TPSA) is 42.4 Å². The first-order valence-electron chi connectivity index (χ1n) is 10.7. The van der Waals surface area contributed by atoms with Crippen LogP contribution in [0.1, 0.15) is 46.6 Å². The van der Waals surface area contributed by atoms with Gasteiger partial charge in [-0.3, -0.25) is 0 Å². The number of hydrogen-bond acceptors (Lipinski definition) is 3. The lowest BCUT2D eigenvalue weighted by atomic mass is 9.82. The lowest BCUT2D eigenvalue weighted by Crippen LogP contribution is -2.66. The van der Waals surface area contributed by atoms with Gasteiger partial charge in [-0.05, 0) is 33.3 Å². The van der Waals surface area contributed by atoms with Crippen LogP contribution in [0.2, 0.25) is 10.2 Å². The van der Waals surface area contributed by atoms with E-state index < -0.39 is 8.32 Å². The summed E-state index contributed by atoms with van der Waals surface area (Å²) >= 11 is 6.06. The molecular formula is C26H32ClNO2Si. The van der Waals surface area contributed by atoms with Crippen molar-refractivity contribution in [2.45, 2.75) is 51.5 Å². The molecular weight excluding hydrogens is 422 g/mol. The summed E-state index contributed by atoms with van der Waals surface area (Å²) in [6.07, 6.45) is 2.38. The third kappa shape index (κ3) is 4.71. The lowest BCUT2D eigenvalue weighted by molar-refractivity contribution is 0.256. The Morgan fingerprint density at radius 2 is 1.39 bits per heavy atom. The molecule has 0 saturated heterocycles. The predicted octanol–water partition coefficient (Wildman–Crippen LogP) is 5.68. The average molecular weight is 454 g/mol. The van der Waals surface area contributed by atoms with E-state index in [0.29, 0.717) is 6.61 Å². The van der Waals surface area contributed by atoms with Crippen molar-refractivity contribution in [1.29, 1.82) is 0 Å². The first kappa shape index (κ1) is 23.5. The fraction of sp³-hybridized carbons (Fsp3) is 0.346. The molecule has 0 bridgehead atoms. The number of aromatic nitrogens is 1. The second-order valence-corrected chi connectivity index (χ2v) is 14.3. The van der Waals surface area contributed by atoms with Crippen LogP contribution in [0.3, 0.4) is 0 Å². The summed E-state index contributed by atoms with van der Waals surface area (Å²) in [7, 11) is -2.58. The van der Waals surface area contributed by atoms with Crippen molar-refractivity contribution in [2.24, 2.45) is 0 Å². The largest absolute Gasteiger partial charge is 0.504 e. The molecule has 0 aliphatic rings. The van der Waals surface area contributed by atoms with Gasteiger partial charge in [0.2, 0.25) is 0 Å². The van der Waals surface area contributed by atoms with Gasteiger partial charge in [0.1, 0.15) is 0 Å². The number of nitrogens with zero attached hydrogens (tertiary/aromatic N) is 1. The molecule has 0 radical (unpaired) electrons. The Morgan fingerprint density at radius 1 is 0.871 bits per heavy atom. The number of benzene rings is 2. The van der Waals surface area contributed by atoms with Crippen LogP contribution < -0.4 is 10.4 Å². The van der Waals surface area contributed by atoms with Crippen molar-refractivity contribution < 1.29 is 9.53 Å². The van der Waals surface area contributed by atoms with Crippen LogP contribution in [0.25, 0.3) is 0 Å². The summed E-state index contributed by atoms with van der Waals surface area (Å²) in [6.45, 7) is 11.6. The van der Waals surface area contributed by atoms with Crippen LogP contribution in [-0.4, -0.2) is 25.0 Å². The summed E-state index contributed by atoms with van der Waals surface area (Å²) in [4.78, 5) is 3.98. The number of hydrogen-bond donors (Lipinski definition) is 1. The van der Waals surface area contributed by atoms with Crippen molar-refractivity contribution in [2.75, 3.05) is 6.61 Å². The van der Waals surface area contributed by atoms with Gasteiger partial charge in [-0.15, -0.1) is 0 Å². The fourth-order valence-electron chi connectivity index (χ4n) is 4.33. The van der Waals surface area contributed by atoms with Gasteiger partial charge in [-0.2, -0.15) is 0 Å². The zero-order valence-corrected chi connectivity index (χ0v) is 20.8. The van der Waals surface area contributed by atoms with Gasteiger partial charge < -0.3 is 9.53 Å². The summed E-state index contributed by atoms with van der Waals surface area (Å²) in [6, 6.07) is 23.1. The van der Waals surface area contributed by atoms with Crippen molar-refractivity contribution in [3.05, 3.63) is 83.6 Å². The van der Waals surface area contributed by atoms with Gasteiger partial charge in [-0.25, -0.2) is 4.98 Å². The molecule has 164 valence electrons. The molecule has 0 amide bonds. The normalized spacial score (nSPS) is 12.7. The van der Waals surface area contributed by atoms with E-state index in [4.69, 9.17) is 16.0 Å². The Hall–Kier alpha value is -2.14. The molecule has 2 aromatic carbocycles. The highest BCUT2D eigenvalue weighted by atomic mass is 35.5. The molecule has 0 spiro atoms. The Bertz CT molecular complexity index is 961. The molecule has 0 aliphatic heterocycles. The van der Waals surface area contributed by atoms with Gasteiger partial charge in [0.15, 0.2) is 10.9 Å². The second-order valence-electron chi connectivity index (χ2n) is 9.64. The number of rotatable bonds is 7. The van der Waals surface area contributed by atoms with Crippen LogP contribution >= 0.6 is 11.6 Å². The molecule has 1 N–H and O–H groups in total. The van der Waals surface area contributed by atoms with Crippen LogP contribution in [0.15, 0.2) is 72.9 Å². The van der Waals surface area contributed by atoms with Gasteiger partial charge in [-0.1, -0.05) is 107 Å². The Labute approximate surface area is 192 Å². The lowest BCUT2D eigenvalue weighted by Gasteiger charge is -2.43. The highest BCUT2D eigenvalue weighted by Gasteiger charge is 2.50. The van der Waals surface area contributed by atoms with Crippen LogP contribution in [-0.2, 0) is 9.84 Å². The Kier molecular flexibility index (Phi) is 6.94. The Morgan fingerprint density at radius 3 is 1.87 bits per heavy atom. The molecule has 0 atom stereocenters. The molecule has 0 aliphatic carbocycles. The fourth-order valence-corrected chi connectivity index (χ4v) is 9.05. The van der Waals surface area contributed by atoms with Crippen molar-refractivity contribution in [1.82, 2.24) is 4.98 Å². The van der Waals surface area contributed by atoms with E-state index in [9.17, 15) is 5.11 Å². The molecule has 31 heavy (non-hydrogen) atoms. The van der Waals surface area contributed by atoms with Crippen molar-refractivity contribution in [3.63, 3.8) is 0 Å². The second kappa shape index (κ2) is 9.15. The Balaban J connectivity index is 1.97. The third-order valence-corrected chi connectivity index (χ3v) is 11.4. The minimum atomic E-state index is -2.58. The highest BCUT2D eigenvalue weighted by Crippen LogP contribution is 2.39. The molecule has 5 heteroatoms. The minimum absolute atomic E-state index is 0.0552. The van der Waals surface area contributed by atoms with Gasteiger partial charge in [0, 0.05) is 18.4 Å². The molecule has 1 aromatic heterocycles. The quantitative estimate of drug-likeness (QED) is 0.369. The van der Waals surface area contributed by atoms with E-state index in [0.717, 1.165) is 12.0 Å². The molecule has 3 rings (SSSR count). The molecule has 0 fully saturated rings. The molecule has 3 aromatic rings. The predicted molar refractivity (Wildman–Crippen MR) is 132 cm³/mol. The third-order valence-electron chi connectivity index (χ3n) is 6.07. The number of aromatic hydroxyl groups is 1. The van der Waals surface area contributed by atoms with Crippen molar-refractivity contribution in [3.8, 4) is 5.75 Å². The summed E-state index contributed by atoms with van der Waals surface area (Å²) < 4.78 is 7.00. The highest BCUT2D eigenvalue weighted by molar-refractivity contribution is 6.99. The van der Waals surface area contributed by atoms with Crippen molar-refractivity contribution >= 4 is 30.3 Å². The minimum Gasteiger partial charge on any atom is -0.504 e. The monoisotopic (exact) mass is 453 g/mol. The van der Waals surface area contributed by atoms with Gasteiger partial charge >= 0.3 is 0 Å². The van der Waals surface area contributed by atoms with Crippen LogP contribution in [0.5, 0.6) is 5.75 Å². The van der Waals surface area contributed by atoms with Crippen LogP contribution in [0, 0.1) is 0 Å². The van der Waals surface area contributed by atoms with E-state index in [1.807, 2.05) is 6.07 Å². The van der Waals surface area contributed by atoms with E-state index in [1.54, 1.807) is 6.20 Å². The smallest absolute Gasteiger partial charge is 0.261 e. The maximum absolute atomic E-state index is 10.5. The van der Waals surface area contributed by atoms with E-state index >= 15 is 0 Å². The van der Waals surface area contributed by atoms with E-state index in [1.165, 1.54) is 10.4 Å². The number of halogens is 1. The van der Waals surface area contributed by atoms with Gasteiger partial charge in [0.25, 0.3) is 8.32 Å². The first-order valence-corrected chi connectivity index (χ1v) is 13.0. The zero-order chi connectivity index (χ0) is 22.7. The van der Waals surface area contributed by atoms with Crippen LogP contribution in [0.4, 0.5) is 0 Å². The maximum atomic E-state index is 10.5. The van der Waals surface area contributed by atoms with E-state index in [2.05, 4.69) is 100 Å². The number of pyridine rings is 1. The maximum Gasteiger partial charge on any atom is 0.261 e. The molecule has 1 heterocycles. The first-order chi connectivity index (χ1) is 14.6. The molecule has 0 unspecified atom stereocenters. The van der Waals surface area contributed by atoms with E-state index in [-0.39, 0.29) is 21.4 Å². The summed E-state index contributed by atoms with van der Waals surface area (Å²) in [5.74, 6) is 0.0552.